The van der Waals surface area contributed by atoms with E-state index in [4.69, 9.17) is 14.2 Å². The summed E-state index contributed by atoms with van der Waals surface area (Å²) in [6, 6.07) is 14.5. The highest BCUT2D eigenvalue weighted by molar-refractivity contribution is 5.83. The molecule has 0 aliphatic rings. The first-order chi connectivity index (χ1) is 13.8. The predicted molar refractivity (Wildman–Crippen MR) is 109 cm³/mol. The number of carbonyl (C=O) groups is 2. The van der Waals surface area contributed by atoms with E-state index in [1.165, 1.54) is 0 Å². The zero-order chi connectivity index (χ0) is 21.4. The molecule has 6 nitrogen and oxygen atoms in total. The van der Waals surface area contributed by atoms with Gasteiger partial charge in [0.2, 0.25) is 6.29 Å². The monoisotopic (exact) mass is 396 g/mol. The molecule has 0 aliphatic heterocycles. The third-order valence-corrected chi connectivity index (χ3v) is 4.34. The van der Waals surface area contributed by atoms with E-state index in [0.717, 1.165) is 23.3 Å². The van der Waals surface area contributed by atoms with Crippen LogP contribution < -0.4 is 9.47 Å². The Kier molecular flexibility index (Phi) is 7.33. The number of rotatable bonds is 9. The van der Waals surface area contributed by atoms with Gasteiger partial charge in [0.05, 0.1) is 0 Å². The van der Waals surface area contributed by atoms with Crippen LogP contribution in [-0.2, 0) is 19.7 Å². The number of aliphatic hydroxyl groups excluding tert-OH is 1. The quantitative estimate of drug-likeness (QED) is 0.302. The van der Waals surface area contributed by atoms with Crippen LogP contribution in [0.25, 0.3) is 0 Å². The molecule has 0 heterocycles. The average molecular weight is 396 g/mol. The van der Waals surface area contributed by atoms with Crippen molar-refractivity contribution in [3.05, 3.63) is 85.0 Å². The largest absolute Gasteiger partial charge is 0.461 e. The Morgan fingerprint density at radius 1 is 0.931 bits per heavy atom. The van der Waals surface area contributed by atoms with Gasteiger partial charge in [0.15, 0.2) is 6.61 Å². The Bertz CT molecular complexity index is 865. The minimum absolute atomic E-state index is 0.291. The number of carbonyl (C=O) groups excluding carboxylic acids is 2. The van der Waals surface area contributed by atoms with Crippen molar-refractivity contribution in [2.75, 3.05) is 6.61 Å². The highest BCUT2D eigenvalue weighted by Crippen LogP contribution is 2.33. The average Bonchev–Trinajstić information content (AvgIpc) is 2.72. The number of ether oxygens (including phenoxy) is 3. The van der Waals surface area contributed by atoms with Crippen LogP contribution in [0, 0.1) is 0 Å². The van der Waals surface area contributed by atoms with Gasteiger partial charge in [-0.15, -0.1) is 0 Å². The Morgan fingerprint density at radius 2 is 1.41 bits per heavy atom. The first-order valence-electron chi connectivity index (χ1n) is 8.95. The van der Waals surface area contributed by atoms with E-state index >= 15 is 0 Å². The molecule has 0 saturated heterocycles. The van der Waals surface area contributed by atoms with Crippen molar-refractivity contribution in [1.29, 1.82) is 0 Å². The Hall–Kier alpha value is -3.38. The molecule has 0 spiro atoms. The maximum absolute atomic E-state index is 11.3. The Labute approximate surface area is 170 Å². The van der Waals surface area contributed by atoms with E-state index in [1.807, 2.05) is 24.3 Å². The van der Waals surface area contributed by atoms with E-state index in [2.05, 4.69) is 27.0 Å². The number of aliphatic hydroxyl groups is 1. The zero-order valence-electron chi connectivity index (χ0n) is 16.5. The maximum Gasteiger partial charge on any atom is 0.335 e. The van der Waals surface area contributed by atoms with Gasteiger partial charge in [0.25, 0.3) is 0 Å². The van der Waals surface area contributed by atoms with E-state index in [0.29, 0.717) is 11.5 Å². The fourth-order valence-corrected chi connectivity index (χ4v) is 2.62. The number of esters is 2. The second-order valence-electron chi connectivity index (χ2n) is 6.71. The minimum atomic E-state index is -1.27. The lowest BCUT2D eigenvalue weighted by molar-refractivity contribution is -0.147. The fourth-order valence-electron chi connectivity index (χ4n) is 2.62. The highest BCUT2D eigenvalue weighted by atomic mass is 16.6. The van der Waals surface area contributed by atoms with Gasteiger partial charge in [0, 0.05) is 17.6 Å². The fraction of sp³-hybridized carbons (Fsp3) is 0.217. The molecule has 0 saturated carbocycles. The summed E-state index contributed by atoms with van der Waals surface area (Å²) in [6.07, 6.45) is 0.852. The van der Waals surface area contributed by atoms with Gasteiger partial charge in [-0.2, -0.15) is 0 Å². The highest BCUT2D eigenvalue weighted by Gasteiger charge is 2.23. The van der Waals surface area contributed by atoms with Crippen molar-refractivity contribution >= 4 is 11.9 Å². The molecule has 2 aromatic carbocycles. The van der Waals surface area contributed by atoms with Crippen molar-refractivity contribution in [1.82, 2.24) is 0 Å². The van der Waals surface area contributed by atoms with Gasteiger partial charge in [-0.1, -0.05) is 51.3 Å². The Balaban J connectivity index is 2.05. The van der Waals surface area contributed by atoms with Gasteiger partial charge in [-0.05, 0) is 35.4 Å². The molecule has 1 atom stereocenters. The second-order valence-corrected chi connectivity index (χ2v) is 6.71. The summed E-state index contributed by atoms with van der Waals surface area (Å²) in [5.41, 5.74) is 1.73. The van der Waals surface area contributed by atoms with Crippen molar-refractivity contribution in [3.8, 4) is 11.5 Å². The molecule has 2 aromatic rings. The topological polar surface area (TPSA) is 82.1 Å². The van der Waals surface area contributed by atoms with Crippen LogP contribution in [0.4, 0.5) is 0 Å². The molecule has 29 heavy (non-hydrogen) atoms. The second kappa shape index (κ2) is 9.71. The molecule has 0 bridgehead atoms. The normalized spacial score (nSPS) is 11.8. The number of benzene rings is 2. The summed E-state index contributed by atoms with van der Waals surface area (Å²) < 4.78 is 15.2. The summed E-state index contributed by atoms with van der Waals surface area (Å²) in [5.74, 6) is -0.244. The molecular formula is C23H24O6. The van der Waals surface area contributed by atoms with Crippen LogP contribution in [0.2, 0.25) is 0 Å². The van der Waals surface area contributed by atoms with Gasteiger partial charge < -0.3 is 19.3 Å². The van der Waals surface area contributed by atoms with Crippen molar-refractivity contribution in [2.24, 2.45) is 0 Å². The van der Waals surface area contributed by atoms with Gasteiger partial charge in [0.1, 0.15) is 11.5 Å². The van der Waals surface area contributed by atoms with E-state index in [-0.39, 0.29) is 12.0 Å². The molecule has 2 rings (SSSR count). The van der Waals surface area contributed by atoms with Crippen LogP contribution >= 0.6 is 0 Å². The van der Waals surface area contributed by atoms with Gasteiger partial charge in [-0.25, -0.2) is 9.59 Å². The standard InChI is InChI=1S/C23H24O6/c1-5-20(24)27-15-22(26)29-19-13-9-17(10-14-19)23(3,4)16-7-11-18(12-8-16)28-21(25)6-2/h5-14,22,26H,1-2,15H2,3-4H3. The molecular weight excluding hydrogens is 372 g/mol. The molecule has 1 N–H and O–H groups in total. The molecule has 0 amide bonds. The third-order valence-electron chi connectivity index (χ3n) is 4.34. The first kappa shape index (κ1) is 21.9. The summed E-state index contributed by atoms with van der Waals surface area (Å²) >= 11 is 0. The minimum Gasteiger partial charge on any atom is -0.461 e. The van der Waals surface area contributed by atoms with Crippen LogP contribution in [0.1, 0.15) is 25.0 Å². The molecule has 6 heteroatoms. The summed E-state index contributed by atoms with van der Waals surface area (Å²) in [5, 5.41) is 9.78. The molecule has 1 unspecified atom stereocenters. The summed E-state index contributed by atoms with van der Waals surface area (Å²) in [4.78, 5) is 22.3. The smallest absolute Gasteiger partial charge is 0.335 e. The van der Waals surface area contributed by atoms with Crippen LogP contribution in [-0.4, -0.2) is 29.9 Å². The molecule has 0 aromatic heterocycles. The summed E-state index contributed by atoms with van der Waals surface area (Å²) in [7, 11) is 0. The number of hydrogen-bond acceptors (Lipinski definition) is 6. The van der Waals surface area contributed by atoms with E-state index < -0.39 is 18.2 Å². The lowest BCUT2D eigenvalue weighted by atomic mass is 9.78. The molecule has 0 fully saturated rings. The predicted octanol–water partition coefficient (Wildman–Crippen LogP) is 3.53. The first-order valence-corrected chi connectivity index (χ1v) is 8.95. The Morgan fingerprint density at radius 3 is 1.90 bits per heavy atom. The summed E-state index contributed by atoms with van der Waals surface area (Å²) in [6.45, 7) is 10.5. The van der Waals surface area contributed by atoms with E-state index in [9.17, 15) is 14.7 Å². The van der Waals surface area contributed by atoms with Gasteiger partial charge >= 0.3 is 11.9 Å². The lowest BCUT2D eigenvalue weighted by Crippen LogP contribution is -2.24. The lowest BCUT2D eigenvalue weighted by Gasteiger charge is -2.26. The maximum atomic E-state index is 11.3. The molecule has 0 aliphatic carbocycles. The van der Waals surface area contributed by atoms with Crippen molar-refractivity contribution < 1.29 is 28.9 Å². The zero-order valence-corrected chi connectivity index (χ0v) is 16.5. The molecule has 0 radical (unpaired) electrons. The number of hydrogen-bond donors (Lipinski definition) is 1. The van der Waals surface area contributed by atoms with Crippen molar-refractivity contribution in [2.45, 2.75) is 25.6 Å². The molecule has 152 valence electrons. The van der Waals surface area contributed by atoms with Crippen LogP contribution in [0.5, 0.6) is 11.5 Å². The van der Waals surface area contributed by atoms with Crippen LogP contribution in [0.3, 0.4) is 0 Å². The third kappa shape index (κ3) is 6.05. The SMILES string of the molecule is C=CC(=O)OCC(O)Oc1ccc(C(C)(C)c2ccc(OC(=O)C=C)cc2)cc1. The van der Waals surface area contributed by atoms with E-state index in [1.54, 1.807) is 24.3 Å². The van der Waals surface area contributed by atoms with Crippen LogP contribution in [0.15, 0.2) is 73.8 Å². The van der Waals surface area contributed by atoms with Crippen molar-refractivity contribution in [3.63, 3.8) is 0 Å². The van der Waals surface area contributed by atoms with Gasteiger partial charge in [-0.3, -0.25) is 0 Å².